The average molecular weight is 379 g/mol. The zero-order chi connectivity index (χ0) is 19.3. The van der Waals surface area contributed by atoms with E-state index in [1.165, 1.54) is 10.4 Å². The van der Waals surface area contributed by atoms with Crippen molar-refractivity contribution in [2.75, 3.05) is 30.7 Å². The third-order valence-corrected chi connectivity index (χ3v) is 6.28. The van der Waals surface area contributed by atoms with E-state index in [2.05, 4.69) is 11.9 Å². The van der Waals surface area contributed by atoms with Crippen molar-refractivity contribution in [3.63, 3.8) is 0 Å². The number of nitrogens with zero attached hydrogens (tertiary/aromatic N) is 2. The molecule has 0 radical (unpaired) electrons. The first-order chi connectivity index (χ1) is 12.3. The molecular weight excluding hydrogens is 354 g/mol. The molecule has 26 heavy (non-hydrogen) atoms. The molecule has 7 nitrogen and oxygen atoms in total. The highest BCUT2D eigenvalue weighted by Crippen LogP contribution is 2.16. The van der Waals surface area contributed by atoms with Crippen molar-refractivity contribution in [1.82, 2.24) is 9.21 Å². The molecule has 1 aromatic rings. The normalized spacial score (nSPS) is 18.4. The summed E-state index contributed by atoms with van der Waals surface area (Å²) in [6.07, 6.45) is 1.43. The van der Waals surface area contributed by atoms with Crippen molar-refractivity contribution in [2.45, 2.75) is 26.3 Å². The Kier molecular flexibility index (Phi) is 6.55. The van der Waals surface area contributed by atoms with Crippen LogP contribution >= 0.6 is 0 Å². The summed E-state index contributed by atoms with van der Waals surface area (Å²) < 4.78 is 25.4. The summed E-state index contributed by atoms with van der Waals surface area (Å²) in [6, 6.07) is 6.89. The Bertz CT molecular complexity index is 774. The van der Waals surface area contributed by atoms with Crippen LogP contribution in [-0.4, -0.2) is 60.9 Å². The highest BCUT2D eigenvalue weighted by atomic mass is 32.2. The van der Waals surface area contributed by atoms with Gasteiger partial charge in [0.1, 0.15) is 0 Å². The lowest BCUT2D eigenvalue weighted by atomic mass is 10.1. The first-order valence-electron chi connectivity index (χ1n) is 8.56. The monoisotopic (exact) mass is 379 g/mol. The van der Waals surface area contributed by atoms with Gasteiger partial charge in [-0.3, -0.25) is 9.59 Å². The van der Waals surface area contributed by atoms with Crippen LogP contribution in [0.1, 0.15) is 19.4 Å². The minimum absolute atomic E-state index is 0.0334. The van der Waals surface area contributed by atoms with Crippen LogP contribution in [-0.2, 0) is 26.0 Å². The zero-order valence-electron chi connectivity index (χ0n) is 15.1. The highest BCUT2D eigenvalue weighted by Gasteiger charge is 2.32. The number of amides is 2. The molecule has 1 aromatic carbocycles. The highest BCUT2D eigenvalue weighted by molar-refractivity contribution is 7.89. The third kappa shape index (κ3) is 4.92. The number of carbonyl (C=O) groups excluding carboxylic acids is 2. The Morgan fingerprint density at radius 1 is 1.27 bits per heavy atom. The van der Waals surface area contributed by atoms with E-state index in [0.29, 0.717) is 25.3 Å². The minimum atomic E-state index is -3.23. The summed E-state index contributed by atoms with van der Waals surface area (Å²) in [4.78, 5) is 25.6. The summed E-state index contributed by atoms with van der Waals surface area (Å²) in [6.45, 7) is 7.94. The van der Waals surface area contributed by atoms with E-state index in [-0.39, 0.29) is 30.0 Å². The van der Waals surface area contributed by atoms with Gasteiger partial charge in [-0.05, 0) is 37.6 Å². The molecular formula is C18H25N3O4S. The van der Waals surface area contributed by atoms with Gasteiger partial charge in [-0.2, -0.15) is 4.31 Å². The zero-order valence-corrected chi connectivity index (χ0v) is 16.0. The molecule has 2 rings (SSSR count). The lowest BCUT2D eigenvalue weighted by Crippen LogP contribution is -2.55. The van der Waals surface area contributed by atoms with Gasteiger partial charge in [-0.1, -0.05) is 18.7 Å². The molecule has 0 aromatic heterocycles. The predicted octanol–water partition coefficient (Wildman–Crippen LogP) is 1.24. The molecule has 1 N–H and O–H groups in total. The number of benzene rings is 1. The fourth-order valence-corrected chi connectivity index (χ4v) is 4.07. The van der Waals surface area contributed by atoms with E-state index in [1.54, 1.807) is 36.1 Å². The Morgan fingerprint density at radius 2 is 1.92 bits per heavy atom. The predicted molar refractivity (Wildman–Crippen MR) is 101 cm³/mol. The standard InChI is InChI=1S/C18H25N3O4S/c1-4-17(22)19-16-8-6-15(7-9-16)12-18(23)21-11-10-20(13-14(21)3)26(24,25)5-2/h4,6-9,14H,1,5,10-13H2,2-3H3,(H,19,22)/t14-/m1/s1. The molecule has 0 saturated carbocycles. The Morgan fingerprint density at radius 3 is 2.46 bits per heavy atom. The second kappa shape index (κ2) is 8.46. The number of hydrogen-bond donors (Lipinski definition) is 1. The van der Waals surface area contributed by atoms with E-state index in [1.807, 2.05) is 6.92 Å². The van der Waals surface area contributed by atoms with E-state index < -0.39 is 10.0 Å². The van der Waals surface area contributed by atoms with Crippen molar-refractivity contribution in [1.29, 1.82) is 0 Å². The van der Waals surface area contributed by atoms with Gasteiger partial charge in [0.25, 0.3) is 0 Å². The smallest absolute Gasteiger partial charge is 0.247 e. The fraction of sp³-hybridized carbons (Fsp3) is 0.444. The molecule has 1 heterocycles. The molecule has 0 aliphatic carbocycles. The van der Waals surface area contributed by atoms with Crippen LogP contribution in [0.25, 0.3) is 0 Å². The molecule has 1 aliphatic rings. The third-order valence-electron chi connectivity index (χ3n) is 4.43. The Hall–Kier alpha value is -2.19. The topological polar surface area (TPSA) is 86.8 Å². The van der Waals surface area contributed by atoms with E-state index in [9.17, 15) is 18.0 Å². The van der Waals surface area contributed by atoms with Crippen LogP contribution < -0.4 is 5.32 Å². The van der Waals surface area contributed by atoms with Crippen LogP contribution in [0.4, 0.5) is 5.69 Å². The van der Waals surface area contributed by atoms with Gasteiger partial charge >= 0.3 is 0 Å². The van der Waals surface area contributed by atoms with Crippen LogP contribution in [0, 0.1) is 0 Å². The number of nitrogens with one attached hydrogen (secondary N) is 1. The largest absolute Gasteiger partial charge is 0.337 e. The van der Waals surface area contributed by atoms with Gasteiger partial charge in [0, 0.05) is 31.4 Å². The number of anilines is 1. The van der Waals surface area contributed by atoms with E-state index >= 15 is 0 Å². The second-order valence-corrected chi connectivity index (χ2v) is 8.52. The maximum atomic E-state index is 12.6. The van der Waals surface area contributed by atoms with Gasteiger partial charge in [0.05, 0.1) is 12.2 Å². The first kappa shape index (κ1) is 20.1. The van der Waals surface area contributed by atoms with Crippen LogP contribution in [0.5, 0.6) is 0 Å². The van der Waals surface area contributed by atoms with Gasteiger partial charge < -0.3 is 10.2 Å². The molecule has 8 heteroatoms. The van der Waals surface area contributed by atoms with Crippen LogP contribution in [0.3, 0.4) is 0 Å². The van der Waals surface area contributed by atoms with Crippen molar-refractivity contribution >= 4 is 27.5 Å². The Labute approximate surface area is 154 Å². The molecule has 1 aliphatic heterocycles. The summed E-state index contributed by atoms with van der Waals surface area (Å²) in [5.41, 5.74) is 1.47. The first-order valence-corrected chi connectivity index (χ1v) is 10.2. The van der Waals surface area contributed by atoms with Crippen LogP contribution in [0.15, 0.2) is 36.9 Å². The molecule has 0 unspecified atom stereocenters. The summed E-state index contributed by atoms with van der Waals surface area (Å²) in [5.74, 6) is -0.251. The van der Waals surface area contributed by atoms with Crippen molar-refractivity contribution in [3.8, 4) is 0 Å². The summed E-state index contributed by atoms with van der Waals surface area (Å²) in [5, 5.41) is 2.65. The molecule has 0 spiro atoms. The number of carbonyl (C=O) groups is 2. The molecule has 1 saturated heterocycles. The van der Waals surface area contributed by atoms with Crippen molar-refractivity contribution in [2.24, 2.45) is 0 Å². The molecule has 142 valence electrons. The van der Waals surface area contributed by atoms with Crippen molar-refractivity contribution < 1.29 is 18.0 Å². The quantitative estimate of drug-likeness (QED) is 0.754. The minimum Gasteiger partial charge on any atom is -0.337 e. The second-order valence-electron chi connectivity index (χ2n) is 6.26. The number of hydrogen-bond acceptors (Lipinski definition) is 4. The van der Waals surface area contributed by atoms with Gasteiger partial charge in [0.2, 0.25) is 21.8 Å². The summed E-state index contributed by atoms with van der Waals surface area (Å²) in [7, 11) is -3.23. The SMILES string of the molecule is C=CC(=O)Nc1ccc(CC(=O)N2CCN(S(=O)(=O)CC)C[C@H]2C)cc1. The van der Waals surface area contributed by atoms with Gasteiger partial charge in [0.15, 0.2) is 0 Å². The molecule has 2 amide bonds. The lowest BCUT2D eigenvalue weighted by molar-refractivity contribution is -0.134. The van der Waals surface area contributed by atoms with Gasteiger partial charge in [-0.25, -0.2) is 8.42 Å². The maximum Gasteiger partial charge on any atom is 0.247 e. The van der Waals surface area contributed by atoms with Crippen LogP contribution in [0.2, 0.25) is 0 Å². The van der Waals surface area contributed by atoms with Gasteiger partial charge in [-0.15, -0.1) is 0 Å². The maximum absolute atomic E-state index is 12.6. The number of piperazine rings is 1. The summed E-state index contributed by atoms with van der Waals surface area (Å²) >= 11 is 0. The van der Waals surface area contributed by atoms with E-state index in [0.717, 1.165) is 5.56 Å². The fourth-order valence-electron chi connectivity index (χ4n) is 2.91. The molecule has 1 atom stereocenters. The number of sulfonamides is 1. The van der Waals surface area contributed by atoms with E-state index in [4.69, 9.17) is 0 Å². The lowest BCUT2D eigenvalue weighted by Gasteiger charge is -2.39. The average Bonchev–Trinajstić information content (AvgIpc) is 2.62. The Balaban J connectivity index is 1.96. The number of rotatable bonds is 6. The van der Waals surface area contributed by atoms with Crippen molar-refractivity contribution in [3.05, 3.63) is 42.5 Å². The molecule has 0 bridgehead atoms. The molecule has 1 fully saturated rings.